The number of benzene rings is 3. The largest absolute Gasteiger partial charge is 0.378 e. The molecule has 0 radical (unpaired) electrons. The molecule has 0 saturated carbocycles. The van der Waals surface area contributed by atoms with Crippen LogP contribution in [0.4, 0.5) is 5.69 Å². The topological polar surface area (TPSA) is 35.6 Å². The fourth-order valence-electron chi connectivity index (χ4n) is 4.17. The molecule has 3 aromatic rings. The monoisotopic (exact) mass is 433 g/mol. The van der Waals surface area contributed by atoms with Gasteiger partial charge in [0, 0.05) is 39.4 Å². The number of halogens is 1. The second kappa shape index (κ2) is 9.54. The van der Waals surface area contributed by atoms with E-state index in [4.69, 9.17) is 11.6 Å². The van der Waals surface area contributed by atoms with Gasteiger partial charge in [0.05, 0.1) is 16.6 Å². The number of nitrogens with zero attached hydrogens (tertiary/aromatic N) is 2. The SMILES string of the molecule is CN(C)c1ccc([C@H](CNC(=O)c2ccccc2Cl)N2CCc3ccccc3C2)cc1. The van der Waals surface area contributed by atoms with Crippen LogP contribution in [-0.4, -0.2) is 38.0 Å². The molecule has 0 aliphatic carbocycles. The number of fused-ring (bicyclic) bond motifs is 1. The Morgan fingerprint density at radius 1 is 1.00 bits per heavy atom. The number of nitrogens with one attached hydrogen (secondary N) is 1. The Hall–Kier alpha value is -2.82. The van der Waals surface area contributed by atoms with E-state index in [0.29, 0.717) is 17.1 Å². The van der Waals surface area contributed by atoms with E-state index >= 15 is 0 Å². The van der Waals surface area contributed by atoms with Crippen LogP contribution in [0.2, 0.25) is 5.02 Å². The molecular formula is C26H28ClN3O. The van der Waals surface area contributed by atoms with Crippen LogP contribution in [0.25, 0.3) is 0 Å². The van der Waals surface area contributed by atoms with Crippen LogP contribution < -0.4 is 10.2 Å². The highest BCUT2D eigenvalue weighted by molar-refractivity contribution is 6.33. The van der Waals surface area contributed by atoms with E-state index in [-0.39, 0.29) is 11.9 Å². The standard InChI is InChI=1S/C26H28ClN3O/c1-29(2)22-13-11-20(12-14-22)25(17-28-26(31)23-9-5-6-10-24(23)27)30-16-15-19-7-3-4-8-21(19)18-30/h3-14,25H,15-18H2,1-2H3,(H,28,31)/t25-/m0/s1. The van der Waals surface area contributed by atoms with Crippen molar-refractivity contribution >= 4 is 23.2 Å². The molecule has 0 saturated heterocycles. The lowest BCUT2D eigenvalue weighted by atomic mass is 9.96. The molecule has 0 bridgehead atoms. The van der Waals surface area contributed by atoms with Crippen molar-refractivity contribution in [3.63, 3.8) is 0 Å². The molecule has 1 aliphatic heterocycles. The number of rotatable bonds is 6. The van der Waals surface area contributed by atoms with Gasteiger partial charge in [0.1, 0.15) is 0 Å². The molecule has 0 spiro atoms. The third kappa shape index (κ3) is 4.92. The number of anilines is 1. The summed E-state index contributed by atoms with van der Waals surface area (Å²) in [5.41, 5.74) is 5.65. The summed E-state index contributed by atoms with van der Waals surface area (Å²) in [7, 11) is 4.08. The van der Waals surface area contributed by atoms with Gasteiger partial charge in [-0.05, 0) is 47.4 Å². The maximum Gasteiger partial charge on any atom is 0.252 e. The van der Waals surface area contributed by atoms with Crippen LogP contribution in [0.1, 0.15) is 33.1 Å². The second-order valence-electron chi connectivity index (χ2n) is 8.18. The Morgan fingerprint density at radius 3 is 2.39 bits per heavy atom. The van der Waals surface area contributed by atoms with Gasteiger partial charge in [-0.15, -0.1) is 0 Å². The lowest BCUT2D eigenvalue weighted by Gasteiger charge is -2.36. The molecule has 1 aliphatic rings. The molecule has 3 aromatic carbocycles. The minimum absolute atomic E-state index is 0.0796. The van der Waals surface area contributed by atoms with Crippen LogP contribution in [-0.2, 0) is 13.0 Å². The maximum atomic E-state index is 12.8. The number of carbonyl (C=O) groups excluding carboxylic acids is 1. The van der Waals surface area contributed by atoms with Gasteiger partial charge in [-0.1, -0.05) is 60.1 Å². The Morgan fingerprint density at radius 2 is 1.68 bits per heavy atom. The molecule has 1 amide bonds. The molecule has 0 aromatic heterocycles. The van der Waals surface area contributed by atoms with E-state index in [0.717, 1.165) is 25.2 Å². The van der Waals surface area contributed by atoms with Gasteiger partial charge in [0.25, 0.3) is 5.91 Å². The van der Waals surface area contributed by atoms with Crippen LogP contribution in [0, 0.1) is 0 Å². The van der Waals surface area contributed by atoms with Gasteiger partial charge < -0.3 is 10.2 Å². The quantitative estimate of drug-likeness (QED) is 0.598. The molecule has 0 unspecified atom stereocenters. The van der Waals surface area contributed by atoms with Crippen LogP contribution in [0.3, 0.4) is 0 Å². The molecule has 160 valence electrons. The van der Waals surface area contributed by atoms with Crippen molar-refractivity contribution in [2.24, 2.45) is 0 Å². The highest BCUT2D eigenvalue weighted by atomic mass is 35.5. The first-order valence-corrected chi connectivity index (χ1v) is 11.0. The lowest BCUT2D eigenvalue weighted by molar-refractivity contribution is 0.0928. The fourth-order valence-corrected chi connectivity index (χ4v) is 4.39. The summed E-state index contributed by atoms with van der Waals surface area (Å²) >= 11 is 6.23. The van der Waals surface area contributed by atoms with E-state index in [1.54, 1.807) is 12.1 Å². The van der Waals surface area contributed by atoms with E-state index in [2.05, 4.69) is 63.6 Å². The number of hydrogen-bond donors (Lipinski definition) is 1. The first-order valence-electron chi connectivity index (χ1n) is 10.6. The Bertz CT molecular complexity index is 1050. The minimum atomic E-state index is -0.141. The predicted octanol–water partition coefficient (Wildman–Crippen LogP) is 4.94. The Balaban J connectivity index is 1.57. The molecule has 4 nitrogen and oxygen atoms in total. The van der Waals surface area contributed by atoms with E-state index in [9.17, 15) is 4.79 Å². The van der Waals surface area contributed by atoms with Crippen molar-refractivity contribution < 1.29 is 4.79 Å². The van der Waals surface area contributed by atoms with Gasteiger partial charge in [-0.3, -0.25) is 9.69 Å². The average Bonchev–Trinajstić information content (AvgIpc) is 2.79. The zero-order valence-electron chi connectivity index (χ0n) is 18.0. The molecule has 5 heteroatoms. The molecule has 4 rings (SSSR count). The van der Waals surface area contributed by atoms with Crippen molar-refractivity contribution in [1.29, 1.82) is 0 Å². The zero-order valence-corrected chi connectivity index (χ0v) is 18.8. The molecule has 1 N–H and O–H groups in total. The first kappa shape index (κ1) is 21.4. The smallest absolute Gasteiger partial charge is 0.252 e. The summed E-state index contributed by atoms with van der Waals surface area (Å²) in [4.78, 5) is 17.4. The molecule has 31 heavy (non-hydrogen) atoms. The van der Waals surface area contributed by atoms with Crippen LogP contribution in [0.5, 0.6) is 0 Å². The maximum absolute atomic E-state index is 12.8. The summed E-state index contributed by atoms with van der Waals surface area (Å²) in [5.74, 6) is -0.141. The van der Waals surface area contributed by atoms with Gasteiger partial charge in [-0.2, -0.15) is 0 Å². The summed E-state index contributed by atoms with van der Waals surface area (Å²) in [6, 6.07) is 24.5. The van der Waals surface area contributed by atoms with Gasteiger partial charge >= 0.3 is 0 Å². The summed E-state index contributed by atoms with van der Waals surface area (Å²) in [6.45, 7) is 2.35. The Labute approximate surface area is 189 Å². The van der Waals surface area contributed by atoms with Crippen molar-refractivity contribution in [3.8, 4) is 0 Å². The number of hydrogen-bond acceptors (Lipinski definition) is 3. The van der Waals surface area contributed by atoms with Crippen molar-refractivity contribution in [2.75, 3.05) is 32.1 Å². The van der Waals surface area contributed by atoms with Crippen molar-refractivity contribution in [2.45, 2.75) is 19.0 Å². The Kier molecular flexibility index (Phi) is 6.59. The third-order valence-corrected chi connectivity index (χ3v) is 6.30. The first-order chi connectivity index (χ1) is 15.0. The summed E-state index contributed by atoms with van der Waals surface area (Å²) < 4.78 is 0. The van der Waals surface area contributed by atoms with Crippen LogP contribution in [0.15, 0.2) is 72.8 Å². The van der Waals surface area contributed by atoms with Gasteiger partial charge in [0.15, 0.2) is 0 Å². The van der Waals surface area contributed by atoms with E-state index < -0.39 is 0 Å². The summed E-state index contributed by atoms with van der Waals surface area (Å²) in [5, 5.41) is 3.59. The average molecular weight is 434 g/mol. The normalized spacial score (nSPS) is 14.5. The van der Waals surface area contributed by atoms with Crippen molar-refractivity contribution in [1.82, 2.24) is 10.2 Å². The molecule has 1 atom stereocenters. The second-order valence-corrected chi connectivity index (χ2v) is 8.59. The van der Waals surface area contributed by atoms with Crippen molar-refractivity contribution in [3.05, 3.63) is 100 Å². The summed E-state index contributed by atoms with van der Waals surface area (Å²) in [6.07, 6.45) is 1.01. The van der Waals surface area contributed by atoms with Crippen LogP contribution >= 0.6 is 11.6 Å². The fraction of sp³-hybridized carbons (Fsp3) is 0.269. The van der Waals surface area contributed by atoms with E-state index in [1.807, 2.05) is 26.2 Å². The molecule has 0 fully saturated rings. The zero-order chi connectivity index (χ0) is 21.8. The third-order valence-electron chi connectivity index (χ3n) is 5.97. The predicted molar refractivity (Wildman–Crippen MR) is 128 cm³/mol. The van der Waals surface area contributed by atoms with Gasteiger partial charge in [0.2, 0.25) is 0 Å². The molecular weight excluding hydrogens is 406 g/mol. The highest BCUT2D eigenvalue weighted by Crippen LogP contribution is 2.29. The number of amides is 1. The molecule has 1 heterocycles. The highest BCUT2D eigenvalue weighted by Gasteiger charge is 2.25. The number of carbonyl (C=O) groups is 1. The minimum Gasteiger partial charge on any atom is -0.378 e. The van der Waals surface area contributed by atoms with Gasteiger partial charge in [-0.25, -0.2) is 0 Å². The van der Waals surface area contributed by atoms with E-state index in [1.165, 1.54) is 16.7 Å². The lowest BCUT2D eigenvalue weighted by Crippen LogP contribution is -2.40.